The molecule has 0 radical (unpaired) electrons. The summed E-state index contributed by atoms with van der Waals surface area (Å²) < 4.78 is 4.71. The highest BCUT2D eigenvalue weighted by Crippen LogP contribution is 2.23. The predicted octanol–water partition coefficient (Wildman–Crippen LogP) is -1.64. The van der Waals surface area contributed by atoms with Gasteiger partial charge in [0.25, 0.3) is 0 Å². The van der Waals surface area contributed by atoms with Crippen molar-refractivity contribution in [1.29, 1.82) is 0 Å². The van der Waals surface area contributed by atoms with Crippen LogP contribution >= 0.6 is 12.6 Å². The summed E-state index contributed by atoms with van der Waals surface area (Å²) in [4.78, 5) is 0. The van der Waals surface area contributed by atoms with Gasteiger partial charge in [-0.25, -0.2) is 0 Å². The molecule has 4 atom stereocenters. The van der Waals surface area contributed by atoms with E-state index in [2.05, 4.69) is 12.6 Å². The van der Waals surface area contributed by atoms with E-state index in [0.29, 0.717) is 0 Å². The lowest BCUT2D eigenvalue weighted by atomic mass is 10.2. The maximum absolute atomic E-state index is 9.11. The monoisotopic (exact) mass is 166 g/mol. The molecule has 0 aromatic heterocycles. The molecule has 0 spiro atoms. The molecule has 3 N–H and O–H groups in total. The van der Waals surface area contributed by atoms with Crippen molar-refractivity contribution >= 4 is 12.6 Å². The molecular formula is C5H10O4S. The fourth-order valence-electron chi connectivity index (χ4n) is 0.880. The van der Waals surface area contributed by atoms with Gasteiger partial charge in [-0.1, -0.05) is 0 Å². The van der Waals surface area contributed by atoms with Gasteiger partial charge >= 0.3 is 0 Å². The summed E-state index contributed by atoms with van der Waals surface area (Å²) in [7, 11) is 0. The fraction of sp³-hybridized carbons (Fsp3) is 1.00. The molecule has 1 heterocycles. The Hall–Kier alpha value is 0.190. The number of hydrogen-bond donors (Lipinski definition) is 4. The van der Waals surface area contributed by atoms with E-state index in [1.165, 1.54) is 0 Å². The first kappa shape index (κ1) is 8.29. The van der Waals surface area contributed by atoms with Crippen LogP contribution in [0.1, 0.15) is 0 Å². The van der Waals surface area contributed by atoms with Crippen molar-refractivity contribution in [3.8, 4) is 0 Å². The summed E-state index contributed by atoms with van der Waals surface area (Å²) >= 11 is 3.86. The van der Waals surface area contributed by atoms with Gasteiger partial charge in [-0.3, -0.25) is 0 Å². The lowest BCUT2D eigenvalue weighted by Gasteiger charge is -2.09. The molecule has 1 aliphatic heterocycles. The second-order valence-electron chi connectivity index (χ2n) is 2.23. The van der Waals surface area contributed by atoms with Crippen molar-refractivity contribution in [3.05, 3.63) is 0 Å². The van der Waals surface area contributed by atoms with Crippen LogP contribution in [-0.2, 0) is 4.74 Å². The van der Waals surface area contributed by atoms with Crippen molar-refractivity contribution < 1.29 is 20.1 Å². The second kappa shape index (κ2) is 3.06. The largest absolute Gasteiger partial charge is 0.394 e. The summed E-state index contributed by atoms with van der Waals surface area (Å²) in [5.74, 6) is 0. The lowest BCUT2D eigenvalue weighted by Crippen LogP contribution is -2.30. The first-order valence-electron chi connectivity index (χ1n) is 2.97. The minimum absolute atomic E-state index is 0.296. The Morgan fingerprint density at radius 1 is 1.40 bits per heavy atom. The number of rotatable bonds is 1. The minimum Gasteiger partial charge on any atom is -0.394 e. The number of thiol groups is 1. The van der Waals surface area contributed by atoms with Crippen LogP contribution in [0, 0.1) is 0 Å². The third kappa shape index (κ3) is 1.28. The first-order chi connectivity index (χ1) is 4.66. The van der Waals surface area contributed by atoms with Crippen LogP contribution in [0.5, 0.6) is 0 Å². The van der Waals surface area contributed by atoms with Crippen molar-refractivity contribution in [2.24, 2.45) is 0 Å². The molecule has 60 valence electrons. The quantitative estimate of drug-likeness (QED) is 0.352. The zero-order valence-corrected chi connectivity index (χ0v) is 6.11. The maximum Gasteiger partial charge on any atom is 0.169 e. The van der Waals surface area contributed by atoms with Gasteiger partial charge in [0, 0.05) is 0 Å². The van der Waals surface area contributed by atoms with Gasteiger partial charge < -0.3 is 20.1 Å². The molecule has 1 saturated heterocycles. The summed E-state index contributed by atoms with van der Waals surface area (Å²) in [6, 6.07) is 0. The maximum atomic E-state index is 9.11. The van der Waals surface area contributed by atoms with Crippen LogP contribution in [-0.4, -0.2) is 45.7 Å². The average molecular weight is 166 g/mol. The van der Waals surface area contributed by atoms with Gasteiger partial charge in [0.05, 0.1) is 18.0 Å². The molecule has 1 aliphatic rings. The highest BCUT2D eigenvalue weighted by atomic mass is 32.1. The van der Waals surface area contributed by atoms with Gasteiger partial charge in [-0.15, -0.1) is 0 Å². The highest BCUT2D eigenvalue weighted by Gasteiger charge is 2.40. The number of aliphatic hydroxyl groups excluding tert-OH is 3. The van der Waals surface area contributed by atoms with E-state index in [4.69, 9.17) is 20.1 Å². The van der Waals surface area contributed by atoms with Gasteiger partial charge in [0.1, 0.15) is 6.10 Å². The molecule has 0 bridgehead atoms. The minimum atomic E-state index is -1.07. The van der Waals surface area contributed by atoms with E-state index in [-0.39, 0.29) is 6.61 Å². The molecule has 1 unspecified atom stereocenters. The average Bonchev–Trinajstić information content (AvgIpc) is 2.17. The van der Waals surface area contributed by atoms with Crippen molar-refractivity contribution in [1.82, 2.24) is 0 Å². The number of hydrogen-bond acceptors (Lipinski definition) is 5. The highest BCUT2D eigenvalue weighted by molar-refractivity contribution is 7.81. The molecular weight excluding hydrogens is 156 g/mol. The van der Waals surface area contributed by atoms with Gasteiger partial charge in [0.2, 0.25) is 0 Å². The van der Waals surface area contributed by atoms with Crippen molar-refractivity contribution in [2.45, 2.75) is 23.7 Å². The van der Waals surface area contributed by atoms with E-state index in [0.717, 1.165) is 0 Å². The molecule has 10 heavy (non-hydrogen) atoms. The standard InChI is InChI=1S/C5H10O4S/c6-1-2-3(7)4(10)5(8)9-2/h2-8,10H,1H2/t2-,3-,4-,5?/m1/s1. The predicted molar refractivity (Wildman–Crippen MR) is 36.7 cm³/mol. The SMILES string of the molecule is OC[C@H]1OC(O)[C@H](S)[C@@H]1O. The Morgan fingerprint density at radius 2 is 2.00 bits per heavy atom. The first-order valence-corrected chi connectivity index (χ1v) is 3.49. The Morgan fingerprint density at radius 3 is 2.20 bits per heavy atom. The lowest BCUT2D eigenvalue weighted by molar-refractivity contribution is -0.106. The van der Waals surface area contributed by atoms with Crippen LogP contribution in [0.15, 0.2) is 0 Å². The third-order valence-corrected chi connectivity index (χ3v) is 2.08. The summed E-state index contributed by atoms with van der Waals surface area (Å²) in [6.07, 6.45) is -2.66. The topological polar surface area (TPSA) is 69.9 Å². The Kier molecular flexibility index (Phi) is 2.54. The van der Waals surface area contributed by atoms with E-state index in [1.807, 2.05) is 0 Å². The van der Waals surface area contributed by atoms with E-state index < -0.39 is 23.7 Å². The van der Waals surface area contributed by atoms with Crippen molar-refractivity contribution in [2.75, 3.05) is 6.61 Å². The van der Waals surface area contributed by atoms with Crippen LogP contribution in [0.2, 0.25) is 0 Å². The third-order valence-electron chi connectivity index (χ3n) is 1.52. The second-order valence-corrected chi connectivity index (χ2v) is 2.83. The Labute approximate surface area is 63.8 Å². The molecule has 0 aliphatic carbocycles. The van der Waals surface area contributed by atoms with Crippen LogP contribution in [0.25, 0.3) is 0 Å². The molecule has 0 amide bonds. The van der Waals surface area contributed by atoms with Crippen LogP contribution in [0.4, 0.5) is 0 Å². The van der Waals surface area contributed by atoms with Gasteiger partial charge in [0.15, 0.2) is 6.29 Å². The molecule has 1 rings (SSSR count). The molecule has 0 aromatic rings. The van der Waals surface area contributed by atoms with Gasteiger partial charge in [-0.05, 0) is 0 Å². The molecule has 0 aromatic carbocycles. The normalized spacial score (nSPS) is 48.0. The summed E-state index contributed by atoms with van der Waals surface area (Å²) in [5.41, 5.74) is 0. The fourth-order valence-corrected chi connectivity index (χ4v) is 1.14. The zero-order chi connectivity index (χ0) is 7.72. The van der Waals surface area contributed by atoms with E-state index in [1.54, 1.807) is 0 Å². The number of aliphatic hydroxyl groups is 3. The molecule has 4 nitrogen and oxygen atoms in total. The zero-order valence-electron chi connectivity index (χ0n) is 5.21. The molecule has 5 heteroatoms. The van der Waals surface area contributed by atoms with Gasteiger partial charge in [-0.2, -0.15) is 12.6 Å². The van der Waals surface area contributed by atoms with E-state index >= 15 is 0 Å². The van der Waals surface area contributed by atoms with E-state index in [9.17, 15) is 0 Å². The Balaban J connectivity index is 2.53. The Bertz CT molecular complexity index is 120. The molecule has 1 fully saturated rings. The molecule has 0 saturated carbocycles. The smallest absolute Gasteiger partial charge is 0.169 e. The number of ether oxygens (including phenoxy) is 1. The van der Waals surface area contributed by atoms with Crippen molar-refractivity contribution in [3.63, 3.8) is 0 Å². The van der Waals surface area contributed by atoms with Crippen LogP contribution in [0.3, 0.4) is 0 Å². The van der Waals surface area contributed by atoms with Crippen LogP contribution < -0.4 is 0 Å². The summed E-state index contributed by atoms with van der Waals surface area (Å²) in [6.45, 7) is -0.296. The summed E-state index contributed by atoms with van der Waals surface area (Å²) in [5, 5.41) is 25.9.